The number of nitrogens with zero attached hydrogens (tertiary/aromatic N) is 2. The van der Waals surface area contributed by atoms with E-state index in [0.29, 0.717) is 39.2 Å². The lowest BCUT2D eigenvalue weighted by Crippen LogP contribution is -2.37. The van der Waals surface area contributed by atoms with Crippen molar-refractivity contribution in [3.8, 4) is 5.88 Å². The van der Waals surface area contributed by atoms with Crippen molar-refractivity contribution in [3.63, 3.8) is 0 Å². The molecule has 0 spiro atoms. The Labute approximate surface area is 191 Å². The smallest absolute Gasteiger partial charge is 0.251 e. The summed E-state index contributed by atoms with van der Waals surface area (Å²) in [5, 5.41) is 5.39. The summed E-state index contributed by atoms with van der Waals surface area (Å²) in [6.07, 6.45) is 4.55. The molecule has 0 radical (unpaired) electrons. The van der Waals surface area contributed by atoms with Crippen LogP contribution in [0.15, 0.2) is 48.8 Å². The van der Waals surface area contributed by atoms with E-state index in [9.17, 15) is 4.79 Å². The summed E-state index contributed by atoms with van der Waals surface area (Å²) in [4.78, 5) is 21.3. The second-order valence-corrected chi connectivity index (χ2v) is 9.32. The van der Waals surface area contributed by atoms with Gasteiger partial charge in [0, 0.05) is 21.7 Å². The number of fused-ring (bicyclic) bond motifs is 2. The number of hydrogen-bond donors (Lipinski definition) is 1. The zero-order chi connectivity index (χ0) is 21.5. The molecule has 160 valence electrons. The van der Waals surface area contributed by atoms with Gasteiger partial charge in [0.25, 0.3) is 5.91 Å². The number of rotatable bonds is 6. The SMILES string of the molecule is CCC(NC(=O)c1ccc(Cl)cc1)C1[C@H]2CC(Oc3ncnc4cc(Cl)ccc34)C[C@@H]12. The number of carbonyl (C=O) groups excluding carboxylic acids is 1. The van der Waals surface area contributed by atoms with Crippen molar-refractivity contribution in [2.75, 3.05) is 0 Å². The molecule has 1 N–H and O–H groups in total. The van der Waals surface area contributed by atoms with Crippen LogP contribution in [0.1, 0.15) is 36.5 Å². The summed E-state index contributed by atoms with van der Waals surface area (Å²) < 4.78 is 6.26. The number of nitrogens with one attached hydrogen (secondary N) is 1. The summed E-state index contributed by atoms with van der Waals surface area (Å²) >= 11 is 12.0. The van der Waals surface area contributed by atoms with Crippen molar-refractivity contribution < 1.29 is 9.53 Å². The van der Waals surface area contributed by atoms with Crippen molar-refractivity contribution >= 4 is 40.0 Å². The molecular formula is C24H23Cl2N3O2. The number of benzene rings is 2. The number of halogens is 2. The van der Waals surface area contributed by atoms with E-state index < -0.39 is 0 Å². The quantitative estimate of drug-likeness (QED) is 0.529. The maximum Gasteiger partial charge on any atom is 0.251 e. The third kappa shape index (κ3) is 4.09. The highest BCUT2D eigenvalue weighted by molar-refractivity contribution is 6.31. The largest absolute Gasteiger partial charge is 0.474 e. The van der Waals surface area contributed by atoms with Crippen LogP contribution in [0.3, 0.4) is 0 Å². The summed E-state index contributed by atoms with van der Waals surface area (Å²) in [5.41, 5.74) is 1.43. The monoisotopic (exact) mass is 455 g/mol. The Morgan fingerprint density at radius 2 is 1.81 bits per heavy atom. The highest BCUT2D eigenvalue weighted by Gasteiger charge is 2.59. The first-order valence-electron chi connectivity index (χ1n) is 10.7. The fourth-order valence-corrected chi connectivity index (χ4v) is 5.41. The van der Waals surface area contributed by atoms with Gasteiger partial charge in [-0.2, -0.15) is 0 Å². The van der Waals surface area contributed by atoms with E-state index >= 15 is 0 Å². The average Bonchev–Trinajstić information content (AvgIpc) is 3.25. The normalized spacial score (nSPS) is 25.1. The molecule has 3 aromatic rings. The number of aromatic nitrogens is 2. The molecule has 3 unspecified atom stereocenters. The zero-order valence-corrected chi connectivity index (χ0v) is 18.6. The van der Waals surface area contributed by atoms with Crippen LogP contribution in [-0.2, 0) is 0 Å². The van der Waals surface area contributed by atoms with E-state index in [1.165, 1.54) is 6.33 Å². The second kappa shape index (κ2) is 8.29. The molecule has 0 bridgehead atoms. The lowest BCUT2D eigenvalue weighted by Gasteiger charge is -2.22. The molecule has 31 heavy (non-hydrogen) atoms. The fourth-order valence-electron chi connectivity index (χ4n) is 5.12. The first kappa shape index (κ1) is 20.5. The Morgan fingerprint density at radius 1 is 1.10 bits per heavy atom. The number of hydrogen-bond acceptors (Lipinski definition) is 4. The van der Waals surface area contributed by atoms with Gasteiger partial charge in [-0.25, -0.2) is 9.97 Å². The maximum absolute atomic E-state index is 12.6. The highest BCUT2D eigenvalue weighted by atomic mass is 35.5. The Hall–Kier alpha value is -2.37. The van der Waals surface area contributed by atoms with Gasteiger partial charge in [0.2, 0.25) is 5.88 Å². The molecule has 2 aromatic carbocycles. The van der Waals surface area contributed by atoms with Gasteiger partial charge in [-0.3, -0.25) is 4.79 Å². The molecule has 0 saturated heterocycles. The first-order valence-corrected chi connectivity index (χ1v) is 11.4. The Balaban J connectivity index is 1.20. The molecule has 2 aliphatic carbocycles. The van der Waals surface area contributed by atoms with Gasteiger partial charge >= 0.3 is 0 Å². The van der Waals surface area contributed by atoms with Crippen molar-refractivity contribution in [3.05, 3.63) is 64.4 Å². The molecule has 7 heteroatoms. The van der Waals surface area contributed by atoms with Crippen LogP contribution in [-0.4, -0.2) is 28.0 Å². The van der Waals surface area contributed by atoms with Crippen molar-refractivity contribution in [1.82, 2.24) is 15.3 Å². The van der Waals surface area contributed by atoms with Crippen LogP contribution in [0.5, 0.6) is 5.88 Å². The Bertz CT molecular complexity index is 1110. The molecule has 1 heterocycles. The number of ether oxygens (including phenoxy) is 1. The molecule has 2 saturated carbocycles. The van der Waals surface area contributed by atoms with Gasteiger partial charge in [0.05, 0.1) is 10.9 Å². The van der Waals surface area contributed by atoms with Crippen LogP contribution >= 0.6 is 23.2 Å². The standard InChI is InChI=1S/C24H23Cl2N3O2/c1-2-20(29-23(30)13-3-5-14(25)6-4-13)22-18-10-16(11-19(18)22)31-24-17-8-7-15(26)9-21(17)27-12-28-24/h3-9,12,16,18-20,22H,2,10-11H2,1H3,(H,29,30)/t16?,18-,19+,20?,22?. The van der Waals surface area contributed by atoms with Crippen LogP contribution in [0, 0.1) is 17.8 Å². The molecule has 5 atom stereocenters. The number of carbonyl (C=O) groups is 1. The van der Waals surface area contributed by atoms with Crippen LogP contribution in [0.25, 0.3) is 10.9 Å². The first-order chi connectivity index (χ1) is 15.0. The van der Waals surface area contributed by atoms with Crippen molar-refractivity contribution in [2.24, 2.45) is 17.8 Å². The Kier molecular flexibility index (Phi) is 5.49. The van der Waals surface area contributed by atoms with E-state index in [2.05, 4.69) is 22.2 Å². The van der Waals surface area contributed by atoms with Gasteiger partial charge in [0.15, 0.2) is 0 Å². The Morgan fingerprint density at radius 3 is 2.52 bits per heavy atom. The average molecular weight is 456 g/mol. The summed E-state index contributed by atoms with van der Waals surface area (Å²) in [7, 11) is 0. The van der Waals surface area contributed by atoms with Gasteiger partial charge in [0.1, 0.15) is 12.4 Å². The third-order valence-electron chi connectivity index (χ3n) is 6.64. The lowest BCUT2D eigenvalue weighted by molar-refractivity contribution is 0.0924. The van der Waals surface area contributed by atoms with Crippen molar-refractivity contribution in [2.45, 2.75) is 38.3 Å². The van der Waals surface area contributed by atoms with Crippen LogP contribution in [0.2, 0.25) is 10.0 Å². The molecule has 2 fully saturated rings. The van der Waals surface area contributed by atoms with E-state index in [4.69, 9.17) is 27.9 Å². The van der Waals surface area contributed by atoms with E-state index in [0.717, 1.165) is 30.2 Å². The molecule has 5 rings (SSSR count). The summed E-state index contributed by atoms with van der Waals surface area (Å²) in [6.45, 7) is 2.13. The summed E-state index contributed by atoms with van der Waals surface area (Å²) in [6, 6.07) is 12.8. The molecule has 1 amide bonds. The van der Waals surface area contributed by atoms with Gasteiger partial charge in [-0.1, -0.05) is 30.1 Å². The predicted molar refractivity (Wildman–Crippen MR) is 122 cm³/mol. The second-order valence-electron chi connectivity index (χ2n) is 8.45. The predicted octanol–water partition coefficient (Wildman–Crippen LogP) is 5.55. The van der Waals surface area contributed by atoms with Gasteiger partial charge in [-0.05, 0) is 79.5 Å². The highest BCUT2D eigenvalue weighted by Crippen LogP contribution is 2.60. The maximum atomic E-state index is 12.6. The lowest BCUT2D eigenvalue weighted by atomic mass is 10.00. The van der Waals surface area contributed by atoms with Crippen LogP contribution < -0.4 is 10.1 Å². The third-order valence-corrected chi connectivity index (χ3v) is 7.12. The van der Waals surface area contributed by atoms with E-state index in [1.807, 2.05) is 18.2 Å². The molecule has 1 aromatic heterocycles. The minimum Gasteiger partial charge on any atom is -0.474 e. The van der Waals surface area contributed by atoms with Gasteiger partial charge < -0.3 is 10.1 Å². The minimum atomic E-state index is -0.0348. The fraction of sp³-hybridized carbons (Fsp3) is 0.375. The van der Waals surface area contributed by atoms with E-state index in [-0.39, 0.29) is 18.1 Å². The zero-order valence-electron chi connectivity index (χ0n) is 17.1. The van der Waals surface area contributed by atoms with Crippen LogP contribution in [0.4, 0.5) is 0 Å². The molecular weight excluding hydrogens is 433 g/mol. The van der Waals surface area contributed by atoms with Crippen molar-refractivity contribution in [1.29, 1.82) is 0 Å². The number of amides is 1. The summed E-state index contributed by atoms with van der Waals surface area (Å²) in [5.74, 6) is 2.27. The van der Waals surface area contributed by atoms with E-state index in [1.54, 1.807) is 24.3 Å². The molecule has 5 nitrogen and oxygen atoms in total. The van der Waals surface area contributed by atoms with Gasteiger partial charge in [-0.15, -0.1) is 0 Å². The molecule has 0 aliphatic heterocycles. The minimum absolute atomic E-state index is 0.0348. The molecule has 2 aliphatic rings. The topological polar surface area (TPSA) is 64.1 Å².